The van der Waals surface area contributed by atoms with E-state index >= 15 is 0 Å². The maximum absolute atomic E-state index is 12.9. The van der Waals surface area contributed by atoms with Crippen LogP contribution in [0.15, 0.2) is 42.5 Å². The fourth-order valence-corrected chi connectivity index (χ4v) is 4.76. The van der Waals surface area contributed by atoms with Crippen LogP contribution in [0.5, 0.6) is 0 Å². The van der Waals surface area contributed by atoms with E-state index in [4.69, 9.17) is 0 Å². The van der Waals surface area contributed by atoms with Gasteiger partial charge in [-0.2, -0.15) is 0 Å². The fraction of sp³-hybridized carbons (Fsp3) is 0.520. The van der Waals surface area contributed by atoms with Gasteiger partial charge >= 0.3 is 0 Å². The number of hydrogen-bond acceptors (Lipinski definition) is 3. The second kappa shape index (κ2) is 9.61. The Hall–Kier alpha value is -2.40. The smallest absolute Gasteiger partial charge is 0.241 e. The maximum Gasteiger partial charge on any atom is 0.241 e. The fourth-order valence-electron chi connectivity index (χ4n) is 4.76. The molecule has 2 saturated heterocycles. The molecule has 0 aliphatic carbocycles. The predicted octanol–water partition coefficient (Wildman–Crippen LogP) is 4.28. The minimum atomic E-state index is -0.203. The number of hydrogen-bond donors (Lipinski definition) is 1. The third kappa shape index (κ3) is 4.84. The first kappa shape index (κ1) is 20.9. The van der Waals surface area contributed by atoms with Crippen LogP contribution < -0.4 is 5.32 Å². The molecule has 2 aromatic rings. The largest absolute Gasteiger partial charge is 0.342 e. The molecule has 0 unspecified atom stereocenters. The summed E-state index contributed by atoms with van der Waals surface area (Å²) in [6, 6.07) is 14.0. The molecule has 5 nitrogen and oxygen atoms in total. The van der Waals surface area contributed by atoms with Gasteiger partial charge in [-0.15, -0.1) is 0 Å². The zero-order chi connectivity index (χ0) is 20.9. The maximum atomic E-state index is 12.9. The van der Waals surface area contributed by atoms with Crippen molar-refractivity contribution in [1.29, 1.82) is 0 Å². The van der Waals surface area contributed by atoms with E-state index in [0.29, 0.717) is 5.91 Å². The molecule has 0 aromatic heterocycles. The van der Waals surface area contributed by atoms with Crippen molar-refractivity contribution in [2.75, 3.05) is 31.5 Å². The van der Waals surface area contributed by atoms with E-state index in [1.165, 1.54) is 18.2 Å². The summed E-state index contributed by atoms with van der Waals surface area (Å²) in [7, 11) is 0. The number of piperidine rings is 1. The van der Waals surface area contributed by atoms with E-state index in [0.717, 1.165) is 62.9 Å². The highest BCUT2D eigenvalue weighted by Crippen LogP contribution is 2.24. The number of nitrogens with one attached hydrogen (secondary N) is 1. The number of carbonyl (C=O) groups excluding carboxylic acids is 2. The third-order valence-corrected chi connectivity index (χ3v) is 6.74. The number of nitrogens with zero attached hydrogens (tertiary/aromatic N) is 2. The molecule has 4 rings (SSSR count). The van der Waals surface area contributed by atoms with Crippen molar-refractivity contribution < 1.29 is 9.59 Å². The first-order valence-electron chi connectivity index (χ1n) is 11.4. The Kier molecular flexibility index (Phi) is 6.68. The standard InChI is InChI=1S/C25H33N3O2/c1-19(24(29)26-23-11-10-20-8-4-5-9-22(20)18-23)27-16-12-21(13-17-27)25(30)28-14-6-2-3-7-15-28/h4-5,8-11,18-19,21H,2-3,6-7,12-17H2,1H3,(H,26,29)/t19-/m0/s1. The Morgan fingerprint density at radius 3 is 2.27 bits per heavy atom. The van der Waals surface area contributed by atoms with Crippen molar-refractivity contribution >= 4 is 28.3 Å². The summed E-state index contributed by atoms with van der Waals surface area (Å²) in [4.78, 5) is 30.0. The molecule has 5 heteroatoms. The van der Waals surface area contributed by atoms with Gasteiger partial charge in [-0.25, -0.2) is 0 Å². The second-order valence-corrected chi connectivity index (χ2v) is 8.78. The number of fused-ring (bicyclic) bond motifs is 1. The van der Waals surface area contributed by atoms with Gasteiger partial charge in [0.05, 0.1) is 6.04 Å². The van der Waals surface area contributed by atoms with Crippen molar-refractivity contribution in [1.82, 2.24) is 9.80 Å². The molecule has 2 aliphatic heterocycles. The number of amides is 2. The molecule has 1 atom stereocenters. The van der Waals surface area contributed by atoms with Gasteiger partial charge in [-0.1, -0.05) is 43.2 Å². The summed E-state index contributed by atoms with van der Waals surface area (Å²) in [6.45, 7) is 5.41. The lowest BCUT2D eigenvalue weighted by Gasteiger charge is -2.36. The molecular weight excluding hydrogens is 374 g/mol. The molecule has 2 aromatic carbocycles. The first-order valence-corrected chi connectivity index (χ1v) is 11.4. The lowest BCUT2D eigenvalue weighted by molar-refractivity contribution is -0.137. The molecule has 0 spiro atoms. The quantitative estimate of drug-likeness (QED) is 0.823. The van der Waals surface area contributed by atoms with Gasteiger partial charge in [0.15, 0.2) is 0 Å². The van der Waals surface area contributed by atoms with Crippen molar-refractivity contribution in [3.05, 3.63) is 42.5 Å². The number of likely N-dealkylation sites (tertiary alicyclic amines) is 2. The Morgan fingerprint density at radius 1 is 0.900 bits per heavy atom. The normalized spacial score (nSPS) is 20.0. The Bertz CT molecular complexity index is 881. The van der Waals surface area contributed by atoms with Crippen LogP contribution in [-0.2, 0) is 9.59 Å². The number of carbonyl (C=O) groups is 2. The first-order chi connectivity index (χ1) is 14.6. The van der Waals surface area contributed by atoms with Crippen molar-refractivity contribution in [2.24, 2.45) is 5.92 Å². The summed E-state index contributed by atoms with van der Waals surface area (Å²) in [5, 5.41) is 5.36. The van der Waals surface area contributed by atoms with E-state index in [1.807, 2.05) is 37.3 Å². The molecule has 1 N–H and O–H groups in total. The van der Waals surface area contributed by atoms with Crippen LogP contribution in [0.25, 0.3) is 10.8 Å². The molecule has 2 aliphatic rings. The van der Waals surface area contributed by atoms with Gasteiger partial charge in [0, 0.05) is 24.7 Å². The monoisotopic (exact) mass is 407 g/mol. The highest BCUT2D eigenvalue weighted by Gasteiger charge is 2.32. The van der Waals surface area contributed by atoms with Gasteiger partial charge in [0.2, 0.25) is 11.8 Å². The van der Waals surface area contributed by atoms with Gasteiger partial charge < -0.3 is 10.2 Å². The highest BCUT2D eigenvalue weighted by molar-refractivity contribution is 5.97. The van der Waals surface area contributed by atoms with Crippen molar-refractivity contribution in [2.45, 2.75) is 51.5 Å². The number of benzene rings is 2. The highest BCUT2D eigenvalue weighted by atomic mass is 16.2. The molecule has 160 valence electrons. The number of rotatable bonds is 4. The summed E-state index contributed by atoms with van der Waals surface area (Å²) in [6.07, 6.45) is 6.46. The van der Waals surface area contributed by atoms with E-state index < -0.39 is 0 Å². The van der Waals surface area contributed by atoms with Gasteiger partial charge in [0.25, 0.3) is 0 Å². The van der Waals surface area contributed by atoms with Crippen LogP contribution in [0, 0.1) is 5.92 Å². The number of anilines is 1. The summed E-state index contributed by atoms with van der Waals surface area (Å²) >= 11 is 0. The zero-order valence-corrected chi connectivity index (χ0v) is 18.0. The van der Waals surface area contributed by atoms with E-state index in [2.05, 4.69) is 27.2 Å². The lowest BCUT2D eigenvalue weighted by Crippen LogP contribution is -2.48. The van der Waals surface area contributed by atoms with Crippen LogP contribution in [0.2, 0.25) is 0 Å². The van der Waals surface area contributed by atoms with E-state index in [1.54, 1.807) is 0 Å². The second-order valence-electron chi connectivity index (χ2n) is 8.78. The van der Waals surface area contributed by atoms with Crippen LogP contribution in [0.4, 0.5) is 5.69 Å². The molecule has 0 saturated carbocycles. The van der Waals surface area contributed by atoms with E-state index in [-0.39, 0.29) is 17.9 Å². The van der Waals surface area contributed by atoms with Crippen molar-refractivity contribution in [3.63, 3.8) is 0 Å². The van der Waals surface area contributed by atoms with Gasteiger partial charge in [0.1, 0.15) is 0 Å². The van der Waals surface area contributed by atoms with E-state index in [9.17, 15) is 9.59 Å². The third-order valence-electron chi connectivity index (χ3n) is 6.74. The average molecular weight is 408 g/mol. The molecule has 2 heterocycles. The average Bonchev–Trinajstić information content (AvgIpc) is 3.08. The molecule has 30 heavy (non-hydrogen) atoms. The topological polar surface area (TPSA) is 52.7 Å². The SMILES string of the molecule is C[C@@H](C(=O)Nc1ccc2ccccc2c1)N1CCC(C(=O)N2CCCCCC2)CC1. The molecule has 2 amide bonds. The minimum Gasteiger partial charge on any atom is -0.342 e. The molecular formula is C25H33N3O2. The van der Waals surface area contributed by atoms with Crippen LogP contribution in [-0.4, -0.2) is 53.8 Å². The van der Waals surface area contributed by atoms with Gasteiger partial charge in [-0.05, 0) is 68.6 Å². The van der Waals surface area contributed by atoms with Crippen molar-refractivity contribution in [3.8, 4) is 0 Å². The Balaban J connectivity index is 1.30. The molecule has 2 fully saturated rings. The summed E-state index contributed by atoms with van der Waals surface area (Å²) in [5.41, 5.74) is 0.830. The van der Waals surface area contributed by atoms with Gasteiger partial charge in [-0.3, -0.25) is 14.5 Å². The Labute approximate surface area is 179 Å². The molecule has 0 bridgehead atoms. The lowest BCUT2D eigenvalue weighted by atomic mass is 9.94. The van der Waals surface area contributed by atoms with Crippen LogP contribution in [0.3, 0.4) is 0 Å². The summed E-state index contributed by atoms with van der Waals surface area (Å²) in [5.74, 6) is 0.475. The molecule has 0 radical (unpaired) electrons. The Morgan fingerprint density at radius 2 is 1.57 bits per heavy atom. The predicted molar refractivity (Wildman–Crippen MR) is 121 cm³/mol. The zero-order valence-electron chi connectivity index (χ0n) is 18.0. The summed E-state index contributed by atoms with van der Waals surface area (Å²) < 4.78 is 0. The van der Waals surface area contributed by atoms with Crippen LogP contribution >= 0.6 is 0 Å². The minimum absolute atomic E-state index is 0.0163. The van der Waals surface area contributed by atoms with Crippen LogP contribution in [0.1, 0.15) is 45.4 Å².